The predicted octanol–water partition coefficient (Wildman–Crippen LogP) is 2.92. The quantitative estimate of drug-likeness (QED) is 0.546. The fourth-order valence-corrected chi connectivity index (χ4v) is 1.49. The van der Waals surface area contributed by atoms with E-state index in [1.54, 1.807) is 6.07 Å². The monoisotopic (exact) mass is 263 g/mol. The summed E-state index contributed by atoms with van der Waals surface area (Å²) in [5, 5.41) is 21.3. The first-order valence-electron chi connectivity index (χ1n) is 5.67. The molecule has 0 saturated carbocycles. The van der Waals surface area contributed by atoms with Crippen LogP contribution in [-0.2, 0) is 6.54 Å². The van der Waals surface area contributed by atoms with Crippen LogP contribution >= 0.6 is 0 Å². The number of alkyl halides is 3. The summed E-state index contributed by atoms with van der Waals surface area (Å²) in [5.41, 5.74) is 0.765. The zero-order valence-corrected chi connectivity index (χ0v) is 9.80. The molecular formula is C12H16F3NO2. The standard InChI is InChI=1S/C12H16F3NO2/c13-12(14,15)5-1-2-6-16-8-9-3-4-10(17)11(18)7-9/h3-4,7,16-18H,1-2,5-6,8H2. The van der Waals surface area contributed by atoms with Gasteiger partial charge in [0, 0.05) is 13.0 Å². The average Bonchev–Trinajstić information content (AvgIpc) is 2.26. The molecule has 102 valence electrons. The van der Waals surface area contributed by atoms with Crippen LogP contribution in [0.25, 0.3) is 0 Å². The molecule has 0 radical (unpaired) electrons. The molecule has 18 heavy (non-hydrogen) atoms. The average molecular weight is 263 g/mol. The molecule has 6 heteroatoms. The second-order valence-corrected chi connectivity index (χ2v) is 4.07. The van der Waals surface area contributed by atoms with Gasteiger partial charge in [-0.3, -0.25) is 0 Å². The van der Waals surface area contributed by atoms with E-state index in [1.807, 2.05) is 0 Å². The summed E-state index contributed by atoms with van der Waals surface area (Å²) in [7, 11) is 0. The number of benzene rings is 1. The molecule has 0 bridgehead atoms. The number of hydrogen-bond acceptors (Lipinski definition) is 3. The minimum atomic E-state index is -4.08. The van der Waals surface area contributed by atoms with Gasteiger partial charge in [-0.05, 0) is 37.1 Å². The highest BCUT2D eigenvalue weighted by atomic mass is 19.4. The molecule has 0 aliphatic carbocycles. The summed E-state index contributed by atoms with van der Waals surface area (Å²) in [6.07, 6.45) is -4.28. The van der Waals surface area contributed by atoms with Crippen LogP contribution in [0.1, 0.15) is 24.8 Å². The Kier molecular flexibility index (Phi) is 5.27. The van der Waals surface area contributed by atoms with Crippen molar-refractivity contribution in [2.75, 3.05) is 6.54 Å². The summed E-state index contributed by atoms with van der Waals surface area (Å²) >= 11 is 0. The Labute approximate surface area is 103 Å². The molecule has 0 fully saturated rings. The van der Waals surface area contributed by atoms with E-state index in [0.717, 1.165) is 5.56 Å². The normalized spacial score (nSPS) is 11.7. The minimum Gasteiger partial charge on any atom is -0.504 e. The van der Waals surface area contributed by atoms with Crippen molar-refractivity contribution in [3.05, 3.63) is 23.8 Å². The van der Waals surface area contributed by atoms with Crippen LogP contribution in [0.2, 0.25) is 0 Å². The van der Waals surface area contributed by atoms with Gasteiger partial charge in [0.2, 0.25) is 0 Å². The first-order chi connectivity index (χ1) is 8.38. The van der Waals surface area contributed by atoms with Gasteiger partial charge in [0.05, 0.1) is 0 Å². The zero-order chi connectivity index (χ0) is 13.6. The van der Waals surface area contributed by atoms with Gasteiger partial charge in [-0.2, -0.15) is 13.2 Å². The smallest absolute Gasteiger partial charge is 0.389 e. The maximum atomic E-state index is 11.8. The van der Waals surface area contributed by atoms with E-state index in [4.69, 9.17) is 5.11 Å². The van der Waals surface area contributed by atoms with Gasteiger partial charge in [0.15, 0.2) is 11.5 Å². The van der Waals surface area contributed by atoms with Gasteiger partial charge >= 0.3 is 6.18 Å². The Morgan fingerprint density at radius 2 is 1.78 bits per heavy atom. The molecule has 0 aliphatic rings. The molecule has 3 nitrogen and oxygen atoms in total. The molecular weight excluding hydrogens is 247 g/mol. The molecule has 1 aromatic rings. The molecule has 0 spiro atoms. The van der Waals surface area contributed by atoms with Gasteiger partial charge in [-0.1, -0.05) is 6.07 Å². The van der Waals surface area contributed by atoms with Crippen LogP contribution in [0.4, 0.5) is 13.2 Å². The van der Waals surface area contributed by atoms with E-state index in [-0.39, 0.29) is 17.9 Å². The highest BCUT2D eigenvalue weighted by molar-refractivity contribution is 5.40. The number of phenolic OH excluding ortho intramolecular Hbond substituents is 2. The fraction of sp³-hybridized carbons (Fsp3) is 0.500. The number of phenols is 2. The molecule has 0 aromatic heterocycles. The third-order valence-corrected chi connectivity index (χ3v) is 2.43. The van der Waals surface area contributed by atoms with Crippen molar-refractivity contribution in [3.8, 4) is 11.5 Å². The molecule has 0 unspecified atom stereocenters. The van der Waals surface area contributed by atoms with Crippen LogP contribution in [0, 0.1) is 0 Å². The second-order valence-electron chi connectivity index (χ2n) is 4.07. The number of halogens is 3. The Hall–Kier alpha value is -1.43. The van der Waals surface area contributed by atoms with E-state index in [0.29, 0.717) is 19.5 Å². The Morgan fingerprint density at radius 3 is 2.39 bits per heavy atom. The van der Waals surface area contributed by atoms with Crippen LogP contribution in [0.15, 0.2) is 18.2 Å². The maximum Gasteiger partial charge on any atom is 0.389 e. The molecule has 3 N–H and O–H groups in total. The topological polar surface area (TPSA) is 52.5 Å². The van der Waals surface area contributed by atoms with Gasteiger partial charge < -0.3 is 15.5 Å². The third-order valence-electron chi connectivity index (χ3n) is 2.43. The first-order valence-corrected chi connectivity index (χ1v) is 5.67. The lowest BCUT2D eigenvalue weighted by Crippen LogP contribution is -2.15. The maximum absolute atomic E-state index is 11.8. The second kappa shape index (κ2) is 6.49. The Bertz CT molecular complexity index is 380. The summed E-state index contributed by atoms with van der Waals surface area (Å²) in [4.78, 5) is 0. The van der Waals surface area contributed by atoms with Gasteiger partial charge in [0.1, 0.15) is 0 Å². The third kappa shape index (κ3) is 5.77. The fourth-order valence-electron chi connectivity index (χ4n) is 1.49. The van der Waals surface area contributed by atoms with Crippen LogP contribution < -0.4 is 5.32 Å². The Balaban J connectivity index is 2.16. The minimum absolute atomic E-state index is 0.108. The van der Waals surface area contributed by atoms with E-state index in [9.17, 15) is 18.3 Å². The summed E-state index contributed by atoms with van der Waals surface area (Å²) in [6.45, 7) is 0.928. The van der Waals surface area contributed by atoms with Gasteiger partial charge in [-0.25, -0.2) is 0 Å². The summed E-state index contributed by atoms with van der Waals surface area (Å²) < 4.78 is 35.5. The van der Waals surface area contributed by atoms with E-state index in [2.05, 4.69) is 5.32 Å². The number of nitrogens with one attached hydrogen (secondary N) is 1. The molecule has 0 amide bonds. The Morgan fingerprint density at radius 1 is 1.06 bits per heavy atom. The lowest BCUT2D eigenvalue weighted by molar-refractivity contribution is -0.135. The SMILES string of the molecule is Oc1ccc(CNCCCCC(F)(F)F)cc1O. The number of rotatable bonds is 6. The molecule has 1 aromatic carbocycles. The van der Waals surface area contributed by atoms with Crippen LogP contribution in [-0.4, -0.2) is 22.9 Å². The van der Waals surface area contributed by atoms with Gasteiger partial charge in [-0.15, -0.1) is 0 Å². The molecule has 1 rings (SSSR count). The van der Waals surface area contributed by atoms with Crippen molar-refractivity contribution in [3.63, 3.8) is 0 Å². The lowest BCUT2D eigenvalue weighted by atomic mass is 10.2. The highest BCUT2D eigenvalue weighted by Crippen LogP contribution is 2.24. The summed E-state index contributed by atoms with van der Waals surface area (Å²) in [5.74, 6) is -0.393. The zero-order valence-electron chi connectivity index (χ0n) is 9.80. The first kappa shape index (κ1) is 14.6. The highest BCUT2D eigenvalue weighted by Gasteiger charge is 2.25. The molecule has 0 heterocycles. The van der Waals surface area contributed by atoms with Gasteiger partial charge in [0.25, 0.3) is 0 Å². The lowest BCUT2D eigenvalue weighted by Gasteiger charge is -2.07. The van der Waals surface area contributed by atoms with Crippen molar-refractivity contribution in [1.82, 2.24) is 5.32 Å². The number of unbranched alkanes of at least 4 members (excludes halogenated alkanes) is 1. The molecule has 0 saturated heterocycles. The van der Waals surface area contributed by atoms with E-state index < -0.39 is 12.6 Å². The van der Waals surface area contributed by atoms with Crippen molar-refractivity contribution in [1.29, 1.82) is 0 Å². The number of hydrogen-bond donors (Lipinski definition) is 3. The molecule has 0 atom stereocenters. The van der Waals surface area contributed by atoms with Crippen molar-refractivity contribution in [2.24, 2.45) is 0 Å². The predicted molar refractivity (Wildman–Crippen MR) is 61.4 cm³/mol. The van der Waals surface area contributed by atoms with E-state index in [1.165, 1.54) is 12.1 Å². The van der Waals surface area contributed by atoms with E-state index >= 15 is 0 Å². The van der Waals surface area contributed by atoms with Crippen molar-refractivity contribution >= 4 is 0 Å². The number of aromatic hydroxyl groups is 2. The molecule has 0 aliphatic heterocycles. The van der Waals surface area contributed by atoms with Crippen LogP contribution in [0.3, 0.4) is 0 Å². The van der Waals surface area contributed by atoms with Crippen LogP contribution in [0.5, 0.6) is 11.5 Å². The van der Waals surface area contributed by atoms with Crippen molar-refractivity contribution < 1.29 is 23.4 Å². The van der Waals surface area contributed by atoms with Crippen molar-refractivity contribution in [2.45, 2.75) is 32.0 Å². The summed E-state index contributed by atoms with van der Waals surface area (Å²) in [6, 6.07) is 4.42. The largest absolute Gasteiger partial charge is 0.504 e.